The second kappa shape index (κ2) is 7.44. The first kappa shape index (κ1) is 15.9. The van der Waals surface area contributed by atoms with Crippen LogP contribution in [-0.2, 0) is 11.2 Å². The van der Waals surface area contributed by atoms with Gasteiger partial charge in [-0.05, 0) is 29.4 Å². The number of Topliss-reactive ketones (excluding diaryl/α,β-unsaturated/α-hetero) is 1. The van der Waals surface area contributed by atoms with Gasteiger partial charge in [0.05, 0.1) is 0 Å². The van der Waals surface area contributed by atoms with E-state index >= 15 is 0 Å². The Labute approximate surface area is 117 Å². The summed E-state index contributed by atoms with van der Waals surface area (Å²) in [6.07, 6.45) is 1.40. The molecule has 0 aromatic heterocycles. The number of carbonyl (C=O) groups excluding carboxylic acids is 1. The van der Waals surface area contributed by atoms with Crippen molar-refractivity contribution >= 4 is 5.78 Å². The molecule has 1 aromatic carbocycles. The van der Waals surface area contributed by atoms with E-state index < -0.39 is 0 Å². The highest BCUT2D eigenvalue weighted by molar-refractivity contribution is 5.83. The Bertz CT molecular complexity index is 392. The van der Waals surface area contributed by atoms with E-state index in [9.17, 15) is 4.79 Å². The zero-order chi connectivity index (χ0) is 14.4. The molecular weight excluding hydrogens is 234 g/mol. The number of hydrogen-bond donors (Lipinski definition) is 1. The maximum atomic E-state index is 12.2. The van der Waals surface area contributed by atoms with Crippen LogP contribution in [0.3, 0.4) is 0 Å². The maximum Gasteiger partial charge on any atom is 0.141 e. The zero-order valence-corrected chi connectivity index (χ0v) is 12.6. The fraction of sp³-hybridized carbons (Fsp3) is 0.588. The van der Waals surface area contributed by atoms with Crippen molar-refractivity contribution in [2.45, 2.75) is 46.5 Å². The third-order valence-corrected chi connectivity index (χ3v) is 3.52. The predicted octanol–water partition coefficient (Wildman–Crippen LogP) is 3.54. The summed E-state index contributed by atoms with van der Waals surface area (Å²) in [5.74, 6) is 1.32. The van der Waals surface area contributed by atoms with Crippen LogP contribution in [0.25, 0.3) is 0 Å². The summed E-state index contributed by atoms with van der Waals surface area (Å²) in [6.45, 7) is 9.07. The van der Waals surface area contributed by atoms with Crippen molar-refractivity contribution < 1.29 is 4.79 Å². The number of hydrogen-bond acceptors (Lipinski definition) is 2. The molecule has 0 saturated heterocycles. The van der Waals surface area contributed by atoms with Crippen LogP contribution in [0.15, 0.2) is 24.3 Å². The van der Waals surface area contributed by atoms with Gasteiger partial charge in [-0.1, -0.05) is 52.0 Å². The van der Waals surface area contributed by atoms with Crippen LogP contribution in [0, 0.1) is 11.8 Å². The Balaban J connectivity index is 2.65. The highest BCUT2D eigenvalue weighted by Crippen LogP contribution is 2.17. The summed E-state index contributed by atoms with van der Waals surface area (Å²) in [5.41, 5.74) is 8.13. The molecule has 2 heteroatoms. The third kappa shape index (κ3) is 5.15. The summed E-state index contributed by atoms with van der Waals surface area (Å²) >= 11 is 0. The Morgan fingerprint density at radius 2 is 1.68 bits per heavy atom. The molecule has 0 bridgehead atoms. The van der Waals surface area contributed by atoms with Gasteiger partial charge in [-0.15, -0.1) is 0 Å². The van der Waals surface area contributed by atoms with Crippen molar-refractivity contribution in [1.82, 2.24) is 0 Å². The minimum Gasteiger partial charge on any atom is -0.330 e. The normalized spacial score (nSPS) is 13.0. The van der Waals surface area contributed by atoms with E-state index in [-0.39, 0.29) is 11.7 Å². The van der Waals surface area contributed by atoms with Crippen LogP contribution in [0.2, 0.25) is 0 Å². The highest BCUT2D eigenvalue weighted by atomic mass is 16.1. The fourth-order valence-electron chi connectivity index (χ4n) is 2.29. The second-order valence-electron chi connectivity index (χ2n) is 6.10. The molecule has 0 spiro atoms. The van der Waals surface area contributed by atoms with Crippen molar-refractivity contribution in [3.05, 3.63) is 35.4 Å². The minimum atomic E-state index is 0.00442. The van der Waals surface area contributed by atoms with E-state index in [2.05, 4.69) is 52.0 Å². The molecule has 1 aromatic rings. The molecule has 0 radical (unpaired) electrons. The topological polar surface area (TPSA) is 43.1 Å². The Morgan fingerprint density at radius 1 is 1.11 bits per heavy atom. The molecule has 0 saturated carbocycles. The van der Waals surface area contributed by atoms with E-state index in [0.29, 0.717) is 24.8 Å². The summed E-state index contributed by atoms with van der Waals surface area (Å²) < 4.78 is 0. The molecule has 0 amide bonds. The van der Waals surface area contributed by atoms with Crippen LogP contribution in [0.5, 0.6) is 0 Å². The molecule has 19 heavy (non-hydrogen) atoms. The third-order valence-electron chi connectivity index (χ3n) is 3.52. The molecule has 0 aliphatic rings. The van der Waals surface area contributed by atoms with Gasteiger partial charge in [-0.2, -0.15) is 0 Å². The average molecular weight is 261 g/mol. The van der Waals surface area contributed by atoms with Gasteiger partial charge in [0.2, 0.25) is 0 Å². The van der Waals surface area contributed by atoms with Gasteiger partial charge in [-0.25, -0.2) is 0 Å². The van der Waals surface area contributed by atoms with E-state index in [0.717, 1.165) is 12.0 Å². The van der Waals surface area contributed by atoms with Crippen molar-refractivity contribution in [2.24, 2.45) is 17.6 Å². The largest absolute Gasteiger partial charge is 0.330 e. The molecule has 1 unspecified atom stereocenters. The monoisotopic (exact) mass is 261 g/mol. The van der Waals surface area contributed by atoms with Gasteiger partial charge in [-0.3, -0.25) is 4.79 Å². The molecule has 1 rings (SSSR count). The van der Waals surface area contributed by atoms with E-state index in [4.69, 9.17) is 5.73 Å². The zero-order valence-electron chi connectivity index (χ0n) is 12.6. The lowest BCUT2D eigenvalue weighted by molar-refractivity contribution is -0.122. The van der Waals surface area contributed by atoms with Crippen molar-refractivity contribution in [2.75, 3.05) is 6.54 Å². The molecule has 106 valence electrons. The number of carbonyl (C=O) groups is 1. The highest BCUT2D eigenvalue weighted by Gasteiger charge is 2.18. The number of rotatable bonds is 7. The van der Waals surface area contributed by atoms with Crippen LogP contribution >= 0.6 is 0 Å². The first-order chi connectivity index (χ1) is 8.93. The summed E-state index contributed by atoms with van der Waals surface area (Å²) in [4.78, 5) is 12.2. The number of benzene rings is 1. The standard InChI is InChI=1S/C17H27NO/c1-12(2)9-16(11-18)17(19)10-14-5-7-15(8-6-14)13(3)4/h5-8,12-13,16H,9-11,18H2,1-4H3. The minimum absolute atomic E-state index is 0.00442. The molecule has 1 atom stereocenters. The lowest BCUT2D eigenvalue weighted by Gasteiger charge is -2.16. The van der Waals surface area contributed by atoms with E-state index in [1.165, 1.54) is 5.56 Å². The van der Waals surface area contributed by atoms with E-state index in [1.807, 2.05) is 0 Å². The van der Waals surface area contributed by atoms with Gasteiger partial charge in [0.25, 0.3) is 0 Å². The van der Waals surface area contributed by atoms with Crippen molar-refractivity contribution in [1.29, 1.82) is 0 Å². The lowest BCUT2D eigenvalue weighted by Crippen LogP contribution is -2.26. The summed E-state index contributed by atoms with van der Waals surface area (Å²) in [7, 11) is 0. The molecular formula is C17H27NO. The fourth-order valence-corrected chi connectivity index (χ4v) is 2.29. The summed E-state index contributed by atoms with van der Waals surface area (Å²) in [5, 5.41) is 0. The molecule has 2 N–H and O–H groups in total. The quantitative estimate of drug-likeness (QED) is 0.815. The molecule has 0 fully saturated rings. The lowest BCUT2D eigenvalue weighted by atomic mass is 9.90. The Hall–Kier alpha value is -1.15. The predicted molar refractivity (Wildman–Crippen MR) is 81.2 cm³/mol. The second-order valence-corrected chi connectivity index (χ2v) is 6.10. The molecule has 0 heterocycles. The number of nitrogens with two attached hydrogens (primary N) is 1. The number of ketones is 1. The van der Waals surface area contributed by atoms with Crippen molar-refractivity contribution in [3.63, 3.8) is 0 Å². The van der Waals surface area contributed by atoms with Gasteiger partial charge < -0.3 is 5.73 Å². The maximum absolute atomic E-state index is 12.2. The molecule has 0 aliphatic heterocycles. The van der Waals surface area contributed by atoms with E-state index in [1.54, 1.807) is 0 Å². The summed E-state index contributed by atoms with van der Waals surface area (Å²) in [6, 6.07) is 8.37. The van der Waals surface area contributed by atoms with Crippen LogP contribution in [-0.4, -0.2) is 12.3 Å². The first-order valence-corrected chi connectivity index (χ1v) is 7.25. The van der Waals surface area contributed by atoms with Gasteiger partial charge in [0, 0.05) is 18.9 Å². The van der Waals surface area contributed by atoms with Crippen LogP contribution < -0.4 is 5.73 Å². The van der Waals surface area contributed by atoms with Gasteiger partial charge in [0.15, 0.2) is 0 Å². The smallest absolute Gasteiger partial charge is 0.141 e. The first-order valence-electron chi connectivity index (χ1n) is 7.25. The SMILES string of the molecule is CC(C)CC(CN)C(=O)Cc1ccc(C(C)C)cc1. The Kier molecular flexibility index (Phi) is 6.23. The average Bonchev–Trinajstić information content (AvgIpc) is 2.36. The van der Waals surface area contributed by atoms with Gasteiger partial charge in [0.1, 0.15) is 5.78 Å². The van der Waals surface area contributed by atoms with Crippen LogP contribution in [0.4, 0.5) is 0 Å². The van der Waals surface area contributed by atoms with Gasteiger partial charge >= 0.3 is 0 Å². The molecule has 2 nitrogen and oxygen atoms in total. The Morgan fingerprint density at radius 3 is 2.11 bits per heavy atom. The van der Waals surface area contributed by atoms with Crippen LogP contribution in [0.1, 0.15) is 51.2 Å². The molecule has 0 aliphatic carbocycles. The van der Waals surface area contributed by atoms with Crippen molar-refractivity contribution in [3.8, 4) is 0 Å².